The number of allylic oxidation sites excluding steroid dienone is 1. The molecule has 0 fully saturated rings. The molecule has 1 aromatic rings. The maximum absolute atomic E-state index is 12.1. The van der Waals surface area contributed by atoms with Crippen LogP contribution in [0.3, 0.4) is 0 Å². The Morgan fingerprint density at radius 1 is 1.17 bits per heavy atom. The molecule has 0 spiro atoms. The molecule has 0 aliphatic carbocycles. The SMILES string of the molecule is COc1cc(OC)nc(OC(C(=O)N[C@@H](C)C(=O)O)=C(C)C)n1. The summed E-state index contributed by atoms with van der Waals surface area (Å²) in [5.74, 6) is -1.57. The van der Waals surface area contributed by atoms with Gasteiger partial charge >= 0.3 is 12.0 Å². The predicted molar refractivity (Wildman–Crippen MR) is 79.4 cm³/mol. The van der Waals surface area contributed by atoms with Gasteiger partial charge in [-0.1, -0.05) is 0 Å². The highest BCUT2D eigenvalue weighted by Crippen LogP contribution is 2.21. The molecule has 1 atom stereocenters. The molecule has 0 saturated carbocycles. The Labute approximate surface area is 133 Å². The molecule has 1 amide bonds. The van der Waals surface area contributed by atoms with E-state index in [4.69, 9.17) is 19.3 Å². The summed E-state index contributed by atoms with van der Waals surface area (Å²) in [5.41, 5.74) is 0.519. The number of carbonyl (C=O) groups is 2. The molecule has 0 radical (unpaired) electrons. The molecule has 1 aromatic heterocycles. The zero-order valence-corrected chi connectivity index (χ0v) is 13.5. The number of aliphatic carboxylic acids is 1. The quantitative estimate of drug-likeness (QED) is 0.557. The zero-order valence-electron chi connectivity index (χ0n) is 13.5. The molecule has 0 aromatic carbocycles. The Balaban J connectivity index is 3.04. The van der Waals surface area contributed by atoms with E-state index in [-0.39, 0.29) is 23.5 Å². The Hall–Kier alpha value is -2.84. The van der Waals surface area contributed by atoms with Crippen LogP contribution in [0.2, 0.25) is 0 Å². The molecule has 9 nitrogen and oxygen atoms in total. The van der Waals surface area contributed by atoms with Crippen LogP contribution in [0.1, 0.15) is 20.8 Å². The number of rotatable bonds is 7. The first-order valence-electron chi connectivity index (χ1n) is 6.64. The number of carboxylic acids is 1. The smallest absolute Gasteiger partial charge is 0.328 e. The van der Waals surface area contributed by atoms with Crippen molar-refractivity contribution in [3.63, 3.8) is 0 Å². The summed E-state index contributed by atoms with van der Waals surface area (Å²) in [4.78, 5) is 30.9. The highest BCUT2D eigenvalue weighted by molar-refractivity contribution is 5.95. The predicted octanol–water partition coefficient (Wildman–Crippen LogP) is 0.756. The van der Waals surface area contributed by atoms with Gasteiger partial charge in [0.15, 0.2) is 5.76 Å². The first-order valence-corrected chi connectivity index (χ1v) is 6.64. The van der Waals surface area contributed by atoms with Crippen molar-refractivity contribution in [1.82, 2.24) is 15.3 Å². The molecule has 0 aliphatic heterocycles. The van der Waals surface area contributed by atoms with Gasteiger partial charge in [0.25, 0.3) is 5.91 Å². The maximum Gasteiger partial charge on any atom is 0.328 e. The van der Waals surface area contributed by atoms with E-state index in [1.807, 2.05) is 0 Å². The van der Waals surface area contributed by atoms with Gasteiger partial charge < -0.3 is 24.6 Å². The van der Waals surface area contributed by atoms with Gasteiger partial charge in [0, 0.05) is 0 Å². The van der Waals surface area contributed by atoms with Crippen LogP contribution in [0, 0.1) is 0 Å². The van der Waals surface area contributed by atoms with Crippen molar-refractivity contribution in [2.45, 2.75) is 26.8 Å². The number of nitrogens with zero attached hydrogens (tertiary/aromatic N) is 2. The van der Waals surface area contributed by atoms with Crippen LogP contribution in [-0.4, -0.2) is 47.2 Å². The Kier molecular flexibility index (Phi) is 6.31. The monoisotopic (exact) mass is 325 g/mol. The average Bonchev–Trinajstić information content (AvgIpc) is 2.51. The number of amides is 1. The lowest BCUT2D eigenvalue weighted by atomic mass is 10.2. The van der Waals surface area contributed by atoms with Crippen molar-refractivity contribution < 1.29 is 28.9 Å². The standard InChI is InChI=1S/C14H19N3O6/c1-7(2)11(12(18)15-8(3)13(19)20)23-14-16-9(21-4)6-10(17-14)22-5/h6,8H,1-5H3,(H,15,18)(H,19,20)/t8-/m0/s1. The maximum atomic E-state index is 12.1. The summed E-state index contributed by atoms with van der Waals surface area (Å²) in [6, 6.07) is 0.221. The lowest BCUT2D eigenvalue weighted by Gasteiger charge is -2.14. The molecule has 1 rings (SSSR count). The van der Waals surface area contributed by atoms with Gasteiger partial charge in [-0.2, -0.15) is 9.97 Å². The van der Waals surface area contributed by atoms with Gasteiger partial charge in [-0.05, 0) is 26.3 Å². The highest BCUT2D eigenvalue weighted by Gasteiger charge is 2.21. The molecule has 0 bridgehead atoms. The van der Waals surface area contributed by atoms with Crippen molar-refractivity contribution in [2.75, 3.05) is 14.2 Å². The fourth-order valence-corrected chi connectivity index (χ4v) is 1.43. The third-order valence-electron chi connectivity index (χ3n) is 2.65. The molecule has 126 valence electrons. The van der Waals surface area contributed by atoms with Gasteiger partial charge in [0.2, 0.25) is 11.8 Å². The summed E-state index contributed by atoms with van der Waals surface area (Å²) < 4.78 is 15.4. The third kappa shape index (κ3) is 5.13. The van der Waals surface area contributed by atoms with E-state index in [0.29, 0.717) is 5.57 Å². The summed E-state index contributed by atoms with van der Waals surface area (Å²) in [6.07, 6.45) is 0. The zero-order chi connectivity index (χ0) is 17.6. The fraction of sp³-hybridized carbons (Fsp3) is 0.429. The molecule has 23 heavy (non-hydrogen) atoms. The summed E-state index contributed by atoms with van der Waals surface area (Å²) in [6.45, 7) is 4.61. The van der Waals surface area contributed by atoms with Crippen LogP contribution in [0.5, 0.6) is 17.8 Å². The van der Waals surface area contributed by atoms with Crippen LogP contribution in [0.4, 0.5) is 0 Å². The lowest BCUT2D eigenvalue weighted by molar-refractivity contribution is -0.141. The number of methoxy groups -OCH3 is 2. The van der Waals surface area contributed by atoms with Crippen molar-refractivity contribution in [3.05, 3.63) is 17.4 Å². The summed E-state index contributed by atoms with van der Waals surface area (Å²) >= 11 is 0. The van der Waals surface area contributed by atoms with Crippen molar-refractivity contribution in [2.24, 2.45) is 0 Å². The van der Waals surface area contributed by atoms with Crippen LogP contribution < -0.4 is 19.5 Å². The molecule has 0 aliphatic rings. The van der Waals surface area contributed by atoms with Crippen LogP contribution >= 0.6 is 0 Å². The fourth-order valence-electron chi connectivity index (χ4n) is 1.43. The van der Waals surface area contributed by atoms with Crippen molar-refractivity contribution in [3.8, 4) is 17.8 Å². The molecular formula is C14H19N3O6. The minimum Gasteiger partial charge on any atom is -0.481 e. The molecule has 0 unspecified atom stereocenters. The topological polar surface area (TPSA) is 120 Å². The third-order valence-corrected chi connectivity index (χ3v) is 2.65. The number of hydrogen-bond acceptors (Lipinski definition) is 7. The van der Waals surface area contributed by atoms with E-state index >= 15 is 0 Å². The van der Waals surface area contributed by atoms with E-state index in [1.54, 1.807) is 13.8 Å². The lowest BCUT2D eigenvalue weighted by Crippen LogP contribution is -2.40. The molecule has 2 N–H and O–H groups in total. The van der Waals surface area contributed by atoms with Gasteiger partial charge in [-0.3, -0.25) is 9.59 Å². The number of hydrogen-bond donors (Lipinski definition) is 2. The van der Waals surface area contributed by atoms with Gasteiger partial charge in [-0.15, -0.1) is 0 Å². The number of aromatic nitrogens is 2. The number of ether oxygens (including phenoxy) is 3. The first-order chi connectivity index (χ1) is 10.8. The van der Waals surface area contributed by atoms with E-state index < -0.39 is 17.9 Å². The number of nitrogens with one attached hydrogen (secondary N) is 1. The minimum atomic E-state index is -1.16. The van der Waals surface area contributed by atoms with E-state index in [2.05, 4.69) is 15.3 Å². The Morgan fingerprint density at radius 3 is 2.09 bits per heavy atom. The van der Waals surface area contributed by atoms with Gasteiger partial charge in [-0.25, -0.2) is 0 Å². The van der Waals surface area contributed by atoms with Gasteiger partial charge in [0.05, 0.1) is 20.3 Å². The van der Waals surface area contributed by atoms with E-state index in [9.17, 15) is 9.59 Å². The Morgan fingerprint density at radius 2 is 1.70 bits per heavy atom. The average molecular weight is 325 g/mol. The van der Waals surface area contributed by atoms with Crippen LogP contribution in [-0.2, 0) is 9.59 Å². The normalized spacial score (nSPS) is 11.2. The van der Waals surface area contributed by atoms with Gasteiger partial charge in [0.1, 0.15) is 6.04 Å². The Bertz CT molecular complexity index is 603. The second-order valence-electron chi connectivity index (χ2n) is 4.70. The summed E-state index contributed by atoms with van der Waals surface area (Å²) in [5, 5.41) is 11.1. The molecular weight excluding hydrogens is 306 g/mol. The van der Waals surface area contributed by atoms with Crippen molar-refractivity contribution in [1.29, 1.82) is 0 Å². The number of carbonyl (C=O) groups excluding carboxylic acids is 1. The molecule has 9 heteroatoms. The largest absolute Gasteiger partial charge is 0.481 e. The summed E-state index contributed by atoms with van der Waals surface area (Å²) in [7, 11) is 2.82. The minimum absolute atomic E-state index is 0.103. The first kappa shape index (κ1) is 18.2. The van der Waals surface area contributed by atoms with Crippen LogP contribution in [0.15, 0.2) is 17.4 Å². The second-order valence-corrected chi connectivity index (χ2v) is 4.70. The highest BCUT2D eigenvalue weighted by atomic mass is 16.5. The second kappa shape index (κ2) is 7.97. The van der Waals surface area contributed by atoms with Crippen LogP contribution in [0.25, 0.3) is 0 Å². The van der Waals surface area contributed by atoms with E-state index in [0.717, 1.165) is 0 Å². The molecule has 1 heterocycles. The van der Waals surface area contributed by atoms with E-state index in [1.165, 1.54) is 27.2 Å². The van der Waals surface area contributed by atoms with Crippen molar-refractivity contribution >= 4 is 11.9 Å². The number of carboxylic acid groups (broad SMARTS) is 1. The molecule has 0 saturated heterocycles.